The zero-order valence-electron chi connectivity index (χ0n) is 10.3. The van der Waals surface area contributed by atoms with E-state index in [9.17, 15) is 4.79 Å². The highest BCUT2D eigenvalue weighted by Gasteiger charge is 2.38. The molecule has 1 aromatic carbocycles. The molecule has 1 saturated heterocycles. The molecule has 0 aromatic heterocycles. The summed E-state index contributed by atoms with van der Waals surface area (Å²) in [6.45, 7) is 1.89. The first-order valence-electron chi connectivity index (χ1n) is 6.39. The zero-order valence-corrected chi connectivity index (χ0v) is 11.2. The third-order valence-electron chi connectivity index (χ3n) is 4.15. The number of amides is 1. The van der Waals surface area contributed by atoms with Crippen LogP contribution in [0.2, 0.25) is 0 Å². The van der Waals surface area contributed by atoms with E-state index in [0.29, 0.717) is 5.69 Å². The van der Waals surface area contributed by atoms with E-state index in [2.05, 4.69) is 0 Å². The summed E-state index contributed by atoms with van der Waals surface area (Å²) in [5.41, 5.74) is 7.11. The molecule has 2 N–H and O–H groups in total. The fourth-order valence-electron chi connectivity index (χ4n) is 3.26. The number of fused-ring (bicyclic) bond motifs is 1. The lowest BCUT2D eigenvalue weighted by molar-refractivity contribution is 0.0780. The second kappa shape index (κ2) is 5.19. The molecule has 2 fully saturated rings. The van der Waals surface area contributed by atoms with Crippen LogP contribution in [0.5, 0.6) is 0 Å². The van der Waals surface area contributed by atoms with Gasteiger partial charge in [-0.2, -0.15) is 0 Å². The first-order chi connectivity index (χ1) is 8.24. The molecule has 2 unspecified atom stereocenters. The number of hydrogen-bond acceptors (Lipinski definition) is 2. The van der Waals surface area contributed by atoms with Crippen LogP contribution >= 0.6 is 12.4 Å². The maximum Gasteiger partial charge on any atom is 0.253 e. The van der Waals surface area contributed by atoms with Gasteiger partial charge in [0.25, 0.3) is 5.91 Å². The molecule has 3 nitrogen and oxygen atoms in total. The fourth-order valence-corrected chi connectivity index (χ4v) is 3.26. The van der Waals surface area contributed by atoms with E-state index in [4.69, 9.17) is 5.73 Å². The summed E-state index contributed by atoms with van der Waals surface area (Å²) < 4.78 is 0. The van der Waals surface area contributed by atoms with Gasteiger partial charge in [0.05, 0.1) is 0 Å². The second-order valence-electron chi connectivity index (χ2n) is 5.29. The van der Waals surface area contributed by atoms with Crippen LogP contribution in [0.25, 0.3) is 0 Å². The Hall–Kier alpha value is -1.22. The minimum Gasteiger partial charge on any atom is -0.399 e. The quantitative estimate of drug-likeness (QED) is 0.794. The maximum atomic E-state index is 12.3. The number of likely N-dealkylation sites (tertiary alicyclic amines) is 1. The third-order valence-corrected chi connectivity index (χ3v) is 4.15. The van der Waals surface area contributed by atoms with Gasteiger partial charge in [0.2, 0.25) is 0 Å². The summed E-state index contributed by atoms with van der Waals surface area (Å²) in [6.07, 6.45) is 3.94. The lowest BCUT2D eigenvalue weighted by Crippen LogP contribution is -2.29. The highest BCUT2D eigenvalue weighted by atomic mass is 35.5. The summed E-state index contributed by atoms with van der Waals surface area (Å²) in [7, 11) is 0. The van der Waals surface area contributed by atoms with Crippen LogP contribution in [0.4, 0.5) is 5.69 Å². The number of rotatable bonds is 1. The fraction of sp³-hybridized carbons (Fsp3) is 0.500. The zero-order chi connectivity index (χ0) is 11.8. The summed E-state index contributed by atoms with van der Waals surface area (Å²) in [6, 6.07) is 7.29. The van der Waals surface area contributed by atoms with E-state index in [0.717, 1.165) is 30.5 Å². The molecule has 3 rings (SSSR count). The van der Waals surface area contributed by atoms with Crippen LogP contribution < -0.4 is 5.73 Å². The predicted octanol–water partition coefficient (Wildman–Crippen LogP) is 2.56. The largest absolute Gasteiger partial charge is 0.399 e. The Morgan fingerprint density at radius 1 is 1.22 bits per heavy atom. The van der Waals surface area contributed by atoms with Gasteiger partial charge in [-0.05, 0) is 42.9 Å². The third kappa shape index (κ3) is 2.32. The number of anilines is 1. The van der Waals surface area contributed by atoms with Gasteiger partial charge < -0.3 is 10.6 Å². The maximum absolute atomic E-state index is 12.3. The summed E-state index contributed by atoms with van der Waals surface area (Å²) >= 11 is 0. The van der Waals surface area contributed by atoms with E-state index in [1.807, 2.05) is 23.1 Å². The normalized spacial score (nSPS) is 25.7. The second-order valence-corrected chi connectivity index (χ2v) is 5.29. The van der Waals surface area contributed by atoms with Crippen LogP contribution in [0, 0.1) is 11.8 Å². The number of carbonyl (C=O) groups is 1. The van der Waals surface area contributed by atoms with Crippen molar-refractivity contribution in [1.29, 1.82) is 0 Å². The van der Waals surface area contributed by atoms with Crippen LogP contribution in [-0.4, -0.2) is 23.9 Å². The van der Waals surface area contributed by atoms with Crippen molar-refractivity contribution in [3.8, 4) is 0 Å². The van der Waals surface area contributed by atoms with Crippen molar-refractivity contribution in [3.05, 3.63) is 29.8 Å². The Morgan fingerprint density at radius 2 is 1.89 bits per heavy atom. The Morgan fingerprint density at radius 3 is 2.50 bits per heavy atom. The number of nitrogen functional groups attached to an aromatic ring is 1. The minimum absolute atomic E-state index is 0. The van der Waals surface area contributed by atoms with Gasteiger partial charge in [-0.3, -0.25) is 4.79 Å². The monoisotopic (exact) mass is 266 g/mol. The van der Waals surface area contributed by atoms with Gasteiger partial charge in [-0.25, -0.2) is 0 Å². The van der Waals surface area contributed by atoms with Gasteiger partial charge >= 0.3 is 0 Å². The standard InChI is InChI=1S/C14H18N2O.ClH/c15-13-6-2-3-10(7-13)14(17)16-8-11-4-1-5-12(11)9-16;/h2-3,6-7,11-12H,1,4-5,8-9,15H2;1H. The Bertz CT molecular complexity index is 437. The number of nitrogens with two attached hydrogens (primary N) is 1. The van der Waals surface area contributed by atoms with E-state index < -0.39 is 0 Å². The van der Waals surface area contributed by atoms with Crippen LogP contribution in [-0.2, 0) is 0 Å². The Balaban J connectivity index is 0.00000120. The number of benzene rings is 1. The van der Waals surface area contributed by atoms with E-state index >= 15 is 0 Å². The van der Waals surface area contributed by atoms with Crippen molar-refractivity contribution in [2.24, 2.45) is 11.8 Å². The molecule has 1 aliphatic heterocycles. The molecule has 18 heavy (non-hydrogen) atoms. The number of nitrogens with zero attached hydrogens (tertiary/aromatic N) is 1. The lowest BCUT2D eigenvalue weighted by atomic mass is 10.0. The molecular formula is C14H19ClN2O. The smallest absolute Gasteiger partial charge is 0.253 e. The molecule has 1 heterocycles. The van der Waals surface area contributed by atoms with Gasteiger partial charge in [0.1, 0.15) is 0 Å². The molecule has 4 heteroatoms. The highest BCUT2D eigenvalue weighted by molar-refractivity contribution is 5.95. The average molecular weight is 267 g/mol. The molecule has 2 atom stereocenters. The van der Waals surface area contributed by atoms with E-state index in [1.165, 1.54) is 19.3 Å². The van der Waals surface area contributed by atoms with E-state index in [-0.39, 0.29) is 18.3 Å². The van der Waals surface area contributed by atoms with Crippen LogP contribution in [0.1, 0.15) is 29.6 Å². The SMILES string of the molecule is Cl.Nc1cccc(C(=O)N2CC3CCCC3C2)c1. The molecule has 98 valence electrons. The van der Waals surface area contributed by atoms with Gasteiger partial charge in [-0.1, -0.05) is 12.5 Å². The number of halogens is 1. The van der Waals surface area contributed by atoms with Crippen molar-refractivity contribution in [2.45, 2.75) is 19.3 Å². The number of carbonyl (C=O) groups excluding carboxylic acids is 1. The summed E-state index contributed by atoms with van der Waals surface area (Å²) in [5, 5.41) is 0. The van der Waals surface area contributed by atoms with Gasteiger partial charge in [0.15, 0.2) is 0 Å². The summed E-state index contributed by atoms with van der Waals surface area (Å²) in [4.78, 5) is 14.3. The Labute approximate surface area is 114 Å². The average Bonchev–Trinajstić information content (AvgIpc) is 2.88. The Kier molecular flexibility index (Phi) is 3.81. The molecule has 2 aliphatic rings. The molecule has 0 radical (unpaired) electrons. The molecule has 0 spiro atoms. The molecule has 1 saturated carbocycles. The van der Waals surface area contributed by atoms with Crippen LogP contribution in [0.3, 0.4) is 0 Å². The first kappa shape index (κ1) is 13.2. The molecule has 1 aliphatic carbocycles. The van der Waals surface area contributed by atoms with Crippen molar-refractivity contribution < 1.29 is 4.79 Å². The molecule has 1 aromatic rings. The van der Waals surface area contributed by atoms with Gasteiger partial charge in [0, 0.05) is 24.3 Å². The molecule has 0 bridgehead atoms. The summed E-state index contributed by atoms with van der Waals surface area (Å²) in [5.74, 6) is 1.65. The lowest BCUT2D eigenvalue weighted by Gasteiger charge is -2.17. The highest BCUT2D eigenvalue weighted by Crippen LogP contribution is 2.38. The van der Waals surface area contributed by atoms with Crippen molar-refractivity contribution >= 4 is 24.0 Å². The number of hydrogen-bond donors (Lipinski definition) is 1. The van der Waals surface area contributed by atoms with Crippen molar-refractivity contribution in [3.63, 3.8) is 0 Å². The first-order valence-corrected chi connectivity index (χ1v) is 6.39. The minimum atomic E-state index is 0. The topological polar surface area (TPSA) is 46.3 Å². The van der Waals surface area contributed by atoms with Crippen molar-refractivity contribution in [1.82, 2.24) is 4.90 Å². The van der Waals surface area contributed by atoms with Crippen molar-refractivity contribution in [2.75, 3.05) is 18.8 Å². The van der Waals surface area contributed by atoms with E-state index in [1.54, 1.807) is 6.07 Å². The predicted molar refractivity (Wildman–Crippen MR) is 74.8 cm³/mol. The molecular weight excluding hydrogens is 248 g/mol. The molecule has 1 amide bonds. The van der Waals surface area contributed by atoms with Gasteiger partial charge in [-0.15, -0.1) is 12.4 Å². The van der Waals surface area contributed by atoms with Crippen LogP contribution in [0.15, 0.2) is 24.3 Å².